The maximum atomic E-state index is 12.9. The van der Waals surface area contributed by atoms with E-state index in [-0.39, 0.29) is 17.0 Å². The van der Waals surface area contributed by atoms with Crippen molar-refractivity contribution in [1.82, 2.24) is 5.32 Å². The molecule has 1 heterocycles. The van der Waals surface area contributed by atoms with E-state index in [0.717, 1.165) is 4.90 Å². The van der Waals surface area contributed by atoms with E-state index >= 15 is 0 Å². The quantitative estimate of drug-likeness (QED) is 0.524. The monoisotopic (exact) mass is 460 g/mol. The van der Waals surface area contributed by atoms with Gasteiger partial charge in [0.1, 0.15) is 11.3 Å². The first kappa shape index (κ1) is 20.4. The van der Waals surface area contributed by atoms with Crippen LogP contribution in [-0.4, -0.2) is 36.7 Å². The second kappa shape index (κ2) is 8.36. The first-order valence-corrected chi connectivity index (χ1v) is 9.35. The van der Waals surface area contributed by atoms with E-state index in [1.54, 1.807) is 12.1 Å². The fourth-order valence-corrected chi connectivity index (χ4v) is 3.41. The van der Waals surface area contributed by atoms with Crippen LogP contribution in [0.25, 0.3) is 6.08 Å². The average Bonchev–Trinajstić information content (AvgIpc) is 2.67. The van der Waals surface area contributed by atoms with Crippen molar-refractivity contribution in [2.45, 2.75) is 6.92 Å². The van der Waals surface area contributed by atoms with Crippen molar-refractivity contribution in [1.29, 1.82) is 0 Å². The van der Waals surface area contributed by atoms with Crippen LogP contribution in [0.4, 0.5) is 10.5 Å². The number of urea groups is 1. The number of carbonyl (C=O) groups is 3. The fourth-order valence-electron chi connectivity index (χ4n) is 2.79. The molecular formula is C20H17BrN2O6. The van der Waals surface area contributed by atoms with Crippen LogP contribution >= 0.6 is 15.9 Å². The minimum atomic E-state index is -0.867. The Labute approximate surface area is 174 Å². The number of methoxy groups -OCH3 is 1. The highest BCUT2D eigenvalue weighted by molar-refractivity contribution is 9.10. The summed E-state index contributed by atoms with van der Waals surface area (Å²) in [6, 6.07) is 7.90. The number of barbiturate groups is 1. The zero-order valence-electron chi connectivity index (χ0n) is 15.6. The van der Waals surface area contributed by atoms with Crippen LogP contribution in [0, 0.1) is 0 Å². The molecule has 1 aliphatic rings. The summed E-state index contributed by atoms with van der Waals surface area (Å²) >= 11 is 3.38. The van der Waals surface area contributed by atoms with Gasteiger partial charge in [-0.05, 0) is 70.9 Å². The molecule has 1 saturated heterocycles. The number of benzene rings is 2. The van der Waals surface area contributed by atoms with Crippen molar-refractivity contribution >= 4 is 45.5 Å². The van der Waals surface area contributed by atoms with Gasteiger partial charge in [0.05, 0.1) is 23.9 Å². The first-order valence-electron chi connectivity index (χ1n) is 8.56. The Hall–Kier alpha value is -3.33. The second-order valence-corrected chi connectivity index (χ2v) is 6.80. The summed E-state index contributed by atoms with van der Waals surface area (Å²) in [5.74, 6) is -0.688. The number of rotatable bonds is 5. The van der Waals surface area contributed by atoms with Gasteiger partial charge < -0.3 is 14.6 Å². The molecule has 0 atom stereocenters. The molecule has 4 amide bonds. The van der Waals surface area contributed by atoms with E-state index in [4.69, 9.17) is 9.47 Å². The molecule has 2 aromatic carbocycles. The molecule has 0 radical (unpaired) electrons. The zero-order chi connectivity index (χ0) is 21.1. The summed E-state index contributed by atoms with van der Waals surface area (Å²) in [4.78, 5) is 38.3. The molecule has 1 fully saturated rings. The Morgan fingerprint density at radius 3 is 2.48 bits per heavy atom. The lowest BCUT2D eigenvalue weighted by atomic mass is 10.1. The van der Waals surface area contributed by atoms with Crippen molar-refractivity contribution < 1.29 is 29.0 Å². The molecule has 0 saturated carbocycles. The van der Waals surface area contributed by atoms with Crippen molar-refractivity contribution in [3.8, 4) is 17.2 Å². The summed E-state index contributed by atoms with van der Waals surface area (Å²) in [5.41, 5.74) is 0.492. The van der Waals surface area contributed by atoms with Crippen LogP contribution in [0.5, 0.6) is 17.2 Å². The van der Waals surface area contributed by atoms with Gasteiger partial charge in [0.15, 0.2) is 11.5 Å². The summed E-state index contributed by atoms with van der Waals surface area (Å²) in [7, 11) is 1.50. The number of halogens is 1. The topological polar surface area (TPSA) is 105 Å². The maximum absolute atomic E-state index is 12.9. The third kappa shape index (κ3) is 4.09. The Balaban J connectivity index is 2.03. The number of anilines is 1. The molecule has 2 N–H and O–H groups in total. The number of phenolic OH excluding ortho intramolecular Hbond substituents is 1. The minimum absolute atomic E-state index is 0.0167. The van der Waals surface area contributed by atoms with Crippen LogP contribution in [-0.2, 0) is 9.59 Å². The number of ether oxygens (including phenoxy) is 2. The van der Waals surface area contributed by atoms with Crippen LogP contribution in [0.3, 0.4) is 0 Å². The summed E-state index contributed by atoms with van der Waals surface area (Å²) in [6.45, 7) is 2.21. The lowest BCUT2D eigenvalue weighted by Gasteiger charge is -2.26. The molecule has 2 aromatic rings. The molecule has 1 aliphatic heterocycles. The minimum Gasteiger partial charge on any atom is -0.508 e. The molecule has 0 aromatic heterocycles. The number of aromatic hydroxyl groups is 1. The summed E-state index contributed by atoms with van der Waals surface area (Å²) < 4.78 is 11.4. The maximum Gasteiger partial charge on any atom is 0.335 e. The number of imide groups is 2. The molecule has 8 nitrogen and oxygen atoms in total. The van der Waals surface area contributed by atoms with Gasteiger partial charge in [0.2, 0.25) is 0 Å². The molecule has 0 aliphatic carbocycles. The van der Waals surface area contributed by atoms with Crippen LogP contribution in [0.2, 0.25) is 0 Å². The molecule has 3 rings (SSSR count). The molecular weight excluding hydrogens is 444 g/mol. The smallest absolute Gasteiger partial charge is 0.335 e. The summed E-state index contributed by atoms with van der Waals surface area (Å²) in [6.07, 6.45) is 1.37. The SMILES string of the molecule is CCOc1cc(/C=C2\C(=O)NC(=O)N(c3ccc(O)cc3)C2=O)cc(Br)c1OC. The van der Waals surface area contributed by atoms with Gasteiger partial charge in [0.25, 0.3) is 11.8 Å². The van der Waals surface area contributed by atoms with Crippen molar-refractivity contribution in [3.63, 3.8) is 0 Å². The van der Waals surface area contributed by atoms with Crippen LogP contribution in [0.1, 0.15) is 12.5 Å². The highest BCUT2D eigenvalue weighted by Crippen LogP contribution is 2.37. The highest BCUT2D eigenvalue weighted by atomic mass is 79.9. The van der Waals surface area contributed by atoms with E-state index in [1.807, 2.05) is 6.92 Å². The highest BCUT2D eigenvalue weighted by Gasteiger charge is 2.36. The molecule has 9 heteroatoms. The van der Waals surface area contributed by atoms with Gasteiger partial charge in [-0.25, -0.2) is 9.69 Å². The van der Waals surface area contributed by atoms with E-state index in [0.29, 0.717) is 28.1 Å². The van der Waals surface area contributed by atoms with Crippen molar-refractivity contribution in [2.75, 3.05) is 18.6 Å². The normalized spacial score (nSPS) is 15.5. The number of hydrogen-bond donors (Lipinski definition) is 2. The van der Waals surface area contributed by atoms with Gasteiger partial charge in [-0.1, -0.05) is 0 Å². The van der Waals surface area contributed by atoms with Gasteiger partial charge in [-0.2, -0.15) is 0 Å². The zero-order valence-corrected chi connectivity index (χ0v) is 17.1. The third-order valence-electron chi connectivity index (χ3n) is 4.06. The first-order chi connectivity index (χ1) is 13.8. The predicted octanol–water partition coefficient (Wildman–Crippen LogP) is 3.23. The molecule has 150 valence electrons. The Bertz CT molecular complexity index is 1020. The van der Waals surface area contributed by atoms with Gasteiger partial charge in [-0.3, -0.25) is 14.9 Å². The van der Waals surface area contributed by atoms with E-state index in [2.05, 4.69) is 21.2 Å². The Kier molecular flexibility index (Phi) is 5.88. The molecule has 0 spiro atoms. The lowest BCUT2D eigenvalue weighted by molar-refractivity contribution is -0.122. The second-order valence-electron chi connectivity index (χ2n) is 5.94. The fraction of sp³-hybridized carbons (Fsp3) is 0.150. The summed E-state index contributed by atoms with van der Waals surface area (Å²) in [5, 5.41) is 11.6. The number of hydrogen-bond acceptors (Lipinski definition) is 6. The predicted molar refractivity (Wildman–Crippen MR) is 109 cm³/mol. The standard InChI is InChI=1S/C20H17BrN2O6/c1-3-29-16-10-11(9-15(21)17(16)28-2)8-14-18(25)22-20(27)23(19(14)26)12-4-6-13(24)7-5-12/h4-10,24H,3H2,1-2H3,(H,22,25,27)/b14-8+. The average molecular weight is 461 g/mol. The number of amides is 4. The number of nitrogens with one attached hydrogen (secondary N) is 1. The molecule has 0 unspecified atom stereocenters. The van der Waals surface area contributed by atoms with Gasteiger partial charge >= 0.3 is 6.03 Å². The van der Waals surface area contributed by atoms with Gasteiger partial charge in [-0.15, -0.1) is 0 Å². The van der Waals surface area contributed by atoms with E-state index in [9.17, 15) is 19.5 Å². The number of phenols is 1. The Morgan fingerprint density at radius 2 is 1.86 bits per heavy atom. The van der Waals surface area contributed by atoms with E-state index < -0.39 is 17.8 Å². The number of nitrogens with zero attached hydrogens (tertiary/aromatic N) is 1. The Morgan fingerprint density at radius 1 is 1.17 bits per heavy atom. The molecule has 29 heavy (non-hydrogen) atoms. The van der Waals surface area contributed by atoms with Gasteiger partial charge in [0, 0.05) is 0 Å². The van der Waals surface area contributed by atoms with Crippen molar-refractivity contribution in [2.24, 2.45) is 0 Å². The van der Waals surface area contributed by atoms with Crippen molar-refractivity contribution in [3.05, 3.63) is 52.0 Å². The van der Waals surface area contributed by atoms with E-state index in [1.165, 1.54) is 37.5 Å². The number of carbonyl (C=O) groups excluding carboxylic acids is 3. The molecule has 0 bridgehead atoms. The largest absolute Gasteiger partial charge is 0.508 e. The third-order valence-corrected chi connectivity index (χ3v) is 4.65. The van der Waals surface area contributed by atoms with Crippen LogP contribution in [0.15, 0.2) is 46.4 Å². The van der Waals surface area contributed by atoms with Crippen LogP contribution < -0.4 is 19.7 Å². The lowest BCUT2D eigenvalue weighted by Crippen LogP contribution is -2.54.